The van der Waals surface area contributed by atoms with Gasteiger partial charge in [0.25, 0.3) is 0 Å². The van der Waals surface area contributed by atoms with E-state index in [-0.39, 0.29) is 11.5 Å². The van der Waals surface area contributed by atoms with Crippen molar-refractivity contribution in [1.29, 1.82) is 0 Å². The highest BCUT2D eigenvalue weighted by Crippen LogP contribution is 2.29. The van der Waals surface area contributed by atoms with Crippen LogP contribution in [0.3, 0.4) is 0 Å². The number of hydrogen-bond donors (Lipinski definition) is 2. The maximum Gasteiger partial charge on any atom is 0.241 e. The fraction of sp³-hybridized carbons (Fsp3) is 0.571. The number of rotatable bonds is 5. The Morgan fingerprint density at radius 2 is 1.80 bits per heavy atom. The molecule has 5 nitrogen and oxygen atoms in total. The first kappa shape index (κ1) is 15.3. The van der Waals surface area contributed by atoms with Crippen molar-refractivity contribution in [3.63, 3.8) is 0 Å². The molecule has 1 aromatic carbocycles. The fourth-order valence-electron chi connectivity index (χ4n) is 2.62. The van der Waals surface area contributed by atoms with Crippen molar-refractivity contribution in [2.75, 3.05) is 13.7 Å². The Balaban J connectivity index is 2.20. The van der Waals surface area contributed by atoms with E-state index in [0.717, 1.165) is 19.3 Å². The third kappa shape index (κ3) is 3.31. The molecule has 112 valence electrons. The van der Waals surface area contributed by atoms with Crippen molar-refractivity contribution in [2.45, 2.75) is 42.5 Å². The summed E-state index contributed by atoms with van der Waals surface area (Å²) in [6.45, 7) is -0.164. The topological polar surface area (TPSA) is 75.6 Å². The summed E-state index contributed by atoms with van der Waals surface area (Å²) in [5.41, 5.74) is -0.711. The molecule has 1 fully saturated rings. The third-order valence-electron chi connectivity index (χ3n) is 3.83. The minimum atomic E-state index is -3.62. The summed E-state index contributed by atoms with van der Waals surface area (Å²) in [5, 5.41) is 9.59. The van der Waals surface area contributed by atoms with Crippen LogP contribution in [0.5, 0.6) is 5.75 Å². The highest BCUT2D eigenvalue weighted by atomic mass is 32.2. The molecule has 0 spiro atoms. The van der Waals surface area contributed by atoms with Crippen LogP contribution >= 0.6 is 0 Å². The summed E-state index contributed by atoms with van der Waals surface area (Å²) in [6.07, 6.45) is 4.32. The Kier molecular flexibility index (Phi) is 4.67. The molecule has 2 N–H and O–H groups in total. The normalized spacial score (nSPS) is 18.7. The summed E-state index contributed by atoms with van der Waals surface area (Å²) in [6, 6.07) is 6.24. The summed E-state index contributed by atoms with van der Waals surface area (Å²) < 4.78 is 32.5. The number of sulfonamides is 1. The Morgan fingerprint density at radius 1 is 1.20 bits per heavy atom. The molecule has 0 radical (unpaired) electrons. The highest BCUT2D eigenvalue weighted by Gasteiger charge is 2.35. The Labute approximate surface area is 120 Å². The summed E-state index contributed by atoms with van der Waals surface area (Å²) in [7, 11) is -2.09. The van der Waals surface area contributed by atoms with Gasteiger partial charge in [0.05, 0.1) is 24.2 Å². The number of aliphatic hydroxyl groups is 1. The van der Waals surface area contributed by atoms with Gasteiger partial charge < -0.3 is 9.84 Å². The lowest BCUT2D eigenvalue weighted by atomic mass is 9.83. The highest BCUT2D eigenvalue weighted by molar-refractivity contribution is 7.89. The average molecular weight is 299 g/mol. The lowest BCUT2D eigenvalue weighted by Crippen LogP contribution is -2.52. The Hall–Kier alpha value is -1.11. The molecular formula is C14H21NO4S. The van der Waals surface area contributed by atoms with Gasteiger partial charge in [0.2, 0.25) is 10.0 Å². The van der Waals surface area contributed by atoms with Crippen molar-refractivity contribution < 1.29 is 18.3 Å². The maximum atomic E-state index is 12.4. The number of benzene rings is 1. The van der Waals surface area contributed by atoms with Gasteiger partial charge in [-0.2, -0.15) is 0 Å². The first-order chi connectivity index (χ1) is 9.51. The first-order valence-corrected chi connectivity index (χ1v) is 8.29. The molecule has 0 atom stereocenters. The van der Waals surface area contributed by atoms with E-state index in [4.69, 9.17) is 4.74 Å². The fourth-order valence-corrected chi connectivity index (χ4v) is 4.07. The van der Waals surface area contributed by atoms with Crippen LogP contribution < -0.4 is 9.46 Å². The third-order valence-corrected chi connectivity index (χ3v) is 5.43. The van der Waals surface area contributed by atoms with Crippen LogP contribution in [0.1, 0.15) is 32.1 Å². The standard InChI is InChI=1S/C14H21NO4S/c1-19-12-5-7-13(8-6-12)20(17,18)15-14(11-16)9-3-2-4-10-14/h5-8,15-16H,2-4,9-11H2,1H3. The molecule has 0 amide bonds. The van der Waals surface area contributed by atoms with E-state index in [0.29, 0.717) is 18.6 Å². The lowest BCUT2D eigenvalue weighted by molar-refractivity contribution is 0.142. The summed E-state index contributed by atoms with van der Waals surface area (Å²) in [5.74, 6) is 0.610. The molecular weight excluding hydrogens is 278 g/mol. The predicted octanol–water partition coefficient (Wildman–Crippen LogP) is 1.67. The molecule has 6 heteroatoms. The van der Waals surface area contributed by atoms with Gasteiger partial charge in [0, 0.05) is 0 Å². The van der Waals surface area contributed by atoms with Crippen molar-refractivity contribution in [3.8, 4) is 5.75 Å². The molecule has 0 aromatic heterocycles. The minimum Gasteiger partial charge on any atom is -0.497 e. The first-order valence-electron chi connectivity index (χ1n) is 6.80. The van der Waals surface area contributed by atoms with Gasteiger partial charge in [-0.3, -0.25) is 0 Å². The van der Waals surface area contributed by atoms with Crippen LogP contribution in [0.2, 0.25) is 0 Å². The van der Waals surface area contributed by atoms with Crippen molar-refractivity contribution in [2.24, 2.45) is 0 Å². The van der Waals surface area contributed by atoms with Gasteiger partial charge >= 0.3 is 0 Å². The second kappa shape index (κ2) is 6.11. The number of nitrogens with one attached hydrogen (secondary N) is 1. The van der Waals surface area contributed by atoms with Gasteiger partial charge in [0.15, 0.2) is 0 Å². The van der Waals surface area contributed by atoms with Crippen LogP contribution in [0.4, 0.5) is 0 Å². The van der Waals surface area contributed by atoms with Crippen LogP contribution in [0.15, 0.2) is 29.2 Å². The van der Waals surface area contributed by atoms with E-state index < -0.39 is 15.6 Å². The van der Waals surface area contributed by atoms with E-state index in [1.165, 1.54) is 19.2 Å². The van der Waals surface area contributed by atoms with Crippen molar-refractivity contribution in [1.82, 2.24) is 4.72 Å². The molecule has 1 saturated carbocycles. The zero-order valence-electron chi connectivity index (χ0n) is 11.6. The zero-order valence-corrected chi connectivity index (χ0v) is 12.4. The van der Waals surface area contributed by atoms with E-state index >= 15 is 0 Å². The largest absolute Gasteiger partial charge is 0.497 e. The van der Waals surface area contributed by atoms with Gasteiger partial charge in [-0.25, -0.2) is 13.1 Å². The molecule has 20 heavy (non-hydrogen) atoms. The number of hydrogen-bond acceptors (Lipinski definition) is 4. The van der Waals surface area contributed by atoms with Gasteiger partial charge in [0.1, 0.15) is 5.75 Å². The Morgan fingerprint density at radius 3 is 2.30 bits per heavy atom. The van der Waals surface area contributed by atoms with Gasteiger partial charge in [-0.15, -0.1) is 0 Å². The molecule has 0 saturated heterocycles. The van der Waals surface area contributed by atoms with E-state index in [9.17, 15) is 13.5 Å². The van der Waals surface area contributed by atoms with E-state index in [2.05, 4.69) is 4.72 Å². The molecule has 1 aliphatic carbocycles. The second-order valence-corrected chi connectivity index (χ2v) is 6.96. The number of aliphatic hydroxyl groups excluding tert-OH is 1. The van der Waals surface area contributed by atoms with E-state index in [1.54, 1.807) is 12.1 Å². The molecule has 0 unspecified atom stereocenters. The van der Waals surface area contributed by atoms with Gasteiger partial charge in [-0.05, 0) is 37.1 Å². The summed E-state index contributed by atoms with van der Waals surface area (Å²) >= 11 is 0. The molecule has 1 aromatic rings. The van der Waals surface area contributed by atoms with Crippen LogP contribution in [0.25, 0.3) is 0 Å². The second-order valence-electron chi connectivity index (χ2n) is 5.28. The number of ether oxygens (including phenoxy) is 1. The molecule has 0 heterocycles. The molecule has 2 rings (SSSR count). The molecule has 0 aliphatic heterocycles. The molecule has 0 bridgehead atoms. The zero-order chi connectivity index (χ0) is 14.6. The summed E-state index contributed by atoms with van der Waals surface area (Å²) in [4.78, 5) is 0.191. The maximum absolute atomic E-state index is 12.4. The van der Waals surface area contributed by atoms with Crippen LogP contribution in [0, 0.1) is 0 Å². The smallest absolute Gasteiger partial charge is 0.241 e. The van der Waals surface area contributed by atoms with Crippen LogP contribution in [-0.4, -0.2) is 32.8 Å². The van der Waals surface area contributed by atoms with Crippen molar-refractivity contribution >= 4 is 10.0 Å². The number of methoxy groups -OCH3 is 1. The van der Waals surface area contributed by atoms with Crippen molar-refractivity contribution in [3.05, 3.63) is 24.3 Å². The van der Waals surface area contributed by atoms with E-state index in [1.807, 2.05) is 0 Å². The van der Waals surface area contributed by atoms with Crippen LogP contribution in [-0.2, 0) is 10.0 Å². The minimum absolute atomic E-state index is 0.164. The Bertz CT molecular complexity index is 533. The SMILES string of the molecule is COc1ccc(S(=O)(=O)NC2(CO)CCCCC2)cc1. The quantitative estimate of drug-likeness (QED) is 0.867. The average Bonchev–Trinajstić information content (AvgIpc) is 2.48. The monoisotopic (exact) mass is 299 g/mol. The lowest BCUT2D eigenvalue weighted by Gasteiger charge is -2.36. The molecule has 1 aliphatic rings. The predicted molar refractivity (Wildman–Crippen MR) is 76.2 cm³/mol. The van der Waals surface area contributed by atoms with Gasteiger partial charge in [-0.1, -0.05) is 19.3 Å².